The number of carbonyl (C=O) groups is 2. The Hall–Kier alpha value is -5.36. The lowest BCUT2D eigenvalue weighted by molar-refractivity contribution is -0.141. The summed E-state index contributed by atoms with van der Waals surface area (Å²) in [4.78, 5) is 27.7. The molecule has 0 N–H and O–H groups in total. The van der Waals surface area contributed by atoms with Gasteiger partial charge in [-0.15, -0.1) is 0 Å². The Morgan fingerprint density at radius 3 is 2.54 bits per heavy atom. The van der Waals surface area contributed by atoms with Gasteiger partial charge in [-0.05, 0) is 61.0 Å². The van der Waals surface area contributed by atoms with Crippen LogP contribution in [0.4, 0.5) is 0 Å². The maximum atomic E-state index is 13.6. The highest BCUT2D eigenvalue weighted by molar-refractivity contribution is 6.19. The third kappa shape index (κ3) is 4.38. The summed E-state index contributed by atoms with van der Waals surface area (Å²) in [5.74, 6) is 0.522. The van der Waals surface area contributed by atoms with E-state index in [2.05, 4.69) is 0 Å². The van der Waals surface area contributed by atoms with Crippen molar-refractivity contribution in [3.05, 3.63) is 101 Å². The van der Waals surface area contributed by atoms with Crippen LogP contribution >= 0.6 is 0 Å². The summed E-state index contributed by atoms with van der Waals surface area (Å²) >= 11 is 0. The highest BCUT2D eigenvalue weighted by Crippen LogP contribution is 2.37. The number of amides is 2. The number of benzene rings is 2. The highest BCUT2D eigenvalue weighted by Gasteiger charge is 2.36. The number of rotatable bonds is 5. The van der Waals surface area contributed by atoms with Crippen LogP contribution in [0.1, 0.15) is 18.2 Å². The quantitative estimate of drug-likeness (QED) is 0.278. The van der Waals surface area contributed by atoms with Crippen LogP contribution in [0.15, 0.2) is 94.3 Å². The summed E-state index contributed by atoms with van der Waals surface area (Å²) in [5, 5.41) is 14.6. The van der Waals surface area contributed by atoms with Crippen LogP contribution in [-0.4, -0.2) is 39.7 Å². The van der Waals surface area contributed by atoms with Gasteiger partial charge < -0.3 is 13.9 Å². The normalized spacial score (nSPS) is 16.1. The molecule has 2 aromatic carbocycles. The minimum Gasteiger partial charge on any atom is -0.486 e. The fourth-order valence-corrected chi connectivity index (χ4v) is 4.61. The SMILES string of the molecule is CC1=C(C#N)C(=O)N(Cc2ccco2)C(=O)/C1=C/c1cn(-c2ccccc2)nc1-c1ccc2c(c1)OCCO2. The maximum absolute atomic E-state index is 13.6. The van der Waals surface area contributed by atoms with Gasteiger partial charge in [-0.3, -0.25) is 14.5 Å². The number of nitriles is 1. The average Bonchev–Trinajstić information content (AvgIpc) is 3.64. The number of para-hydroxylation sites is 1. The van der Waals surface area contributed by atoms with Gasteiger partial charge in [-0.2, -0.15) is 10.4 Å². The van der Waals surface area contributed by atoms with E-state index in [-0.39, 0.29) is 17.7 Å². The number of aromatic nitrogens is 2. The van der Waals surface area contributed by atoms with Crippen LogP contribution < -0.4 is 9.47 Å². The molecule has 2 aliphatic rings. The van der Waals surface area contributed by atoms with Crippen molar-refractivity contribution in [1.29, 1.82) is 5.26 Å². The molecule has 2 aliphatic heterocycles. The van der Waals surface area contributed by atoms with Gasteiger partial charge in [0.2, 0.25) is 0 Å². The third-order valence-electron chi connectivity index (χ3n) is 6.60. The van der Waals surface area contributed by atoms with Gasteiger partial charge in [0.25, 0.3) is 11.8 Å². The zero-order chi connectivity index (χ0) is 26.9. The number of fused-ring (bicyclic) bond motifs is 1. The fraction of sp³-hybridized carbons (Fsp3) is 0.133. The molecule has 2 aromatic heterocycles. The average molecular weight is 519 g/mol. The molecule has 39 heavy (non-hydrogen) atoms. The minimum atomic E-state index is -0.652. The second-order valence-corrected chi connectivity index (χ2v) is 9.02. The fourth-order valence-electron chi connectivity index (χ4n) is 4.61. The molecule has 0 fully saturated rings. The maximum Gasteiger partial charge on any atom is 0.272 e. The van der Waals surface area contributed by atoms with Crippen LogP contribution in [0.25, 0.3) is 23.0 Å². The Balaban J connectivity index is 1.50. The van der Waals surface area contributed by atoms with Gasteiger partial charge in [0.15, 0.2) is 11.5 Å². The molecule has 6 rings (SSSR count). The first-order valence-electron chi connectivity index (χ1n) is 12.3. The summed E-state index contributed by atoms with van der Waals surface area (Å²) in [6.45, 7) is 2.45. The minimum absolute atomic E-state index is 0.0846. The van der Waals surface area contributed by atoms with Gasteiger partial charge >= 0.3 is 0 Å². The van der Waals surface area contributed by atoms with Crippen LogP contribution in [-0.2, 0) is 16.1 Å². The lowest BCUT2D eigenvalue weighted by atomic mass is 9.93. The smallest absolute Gasteiger partial charge is 0.272 e. The molecule has 192 valence electrons. The zero-order valence-electron chi connectivity index (χ0n) is 21.0. The zero-order valence-corrected chi connectivity index (χ0v) is 21.0. The van der Waals surface area contributed by atoms with Gasteiger partial charge in [-0.25, -0.2) is 4.68 Å². The number of ether oxygens (including phenoxy) is 2. The monoisotopic (exact) mass is 518 g/mol. The molecule has 4 heterocycles. The molecule has 0 saturated carbocycles. The van der Waals surface area contributed by atoms with Crippen LogP contribution in [0.3, 0.4) is 0 Å². The van der Waals surface area contributed by atoms with E-state index in [0.29, 0.717) is 47.3 Å². The molecular formula is C30H22N4O5. The lowest BCUT2D eigenvalue weighted by Crippen LogP contribution is -2.42. The van der Waals surface area contributed by atoms with Gasteiger partial charge in [0.05, 0.1) is 18.5 Å². The largest absolute Gasteiger partial charge is 0.486 e. The van der Waals surface area contributed by atoms with E-state index in [4.69, 9.17) is 19.0 Å². The summed E-state index contributed by atoms with van der Waals surface area (Å²) in [6, 6.07) is 20.5. The van der Waals surface area contributed by atoms with E-state index < -0.39 is 11.8 Å². The summed E-state index contributed by atoms with van der Waals surface area (Å²) in [6.07, 6.45) is 4.96. The van der Waals surface area contributed by atoms with Crippen molar-refractivity contribution in [2.45, 2.75) is 13.5 Å². The van der Waals surface area contributed by atoms with Gasteiger partial charge in [-0.1, -0.05) is 18.2 Å². The van der Waals surface area contributed by atoms with E-state index in [1.165, 1.54) is 6.26 Å². The van der Waals surface area contributed by atoms with Crippen molar-refractivity contribution in [2.75, 3.05) is 13.2 Å². The summed E-state index contributed by atoms with van der Waals surface area (Å²) in [5.41, 5.74) is 3.25. The molecule has 0 atom stereocenters. The first-order valence-corrected chi connectivity index (χ1v) is 12.3. The number of hydrogen-bond donors (Lipinski definition) is 0. The van der Waals surface area contributed by atoms with Crippen molar-refractivity contribution in [3.63, 3.8) is 0 Å². The number of hydrogen-bond acceptors (Lipinski definition) is 7. The molecule has 0 bridgehead atoms. The van der Waals surface area contributed by atoms with E-state index in [1.54, 1.807) is 29.8 Å². The van der Waals surface area contributed by atoms with E-state index in [9.17, 15) is 14.9 Å². The number of imide groups is 1. The van der Waals surface area contributed by atoms with E-state index in [0.717, 1.165) is 16.2 Å². The first-order chi connectivity index (χ1) is 19.0. The second-order valence-electron chi connectivity index (χ2n) is 9.02. The molecule has 2 amide bonds. The molecule has 0 radical (unpaired) electrons. The number of carbonyl (C=O) groups excluding carboxylic acids is 2. The third-order valence-corrected chi connectivity index (χ3v) is 6.60. The van der Waals surface area contributed by atoms with Gasteiger partial charge in [0.1, 0.15) is 36.3 Å². The molecule has 9 heteroatoms. The van der Waals surface area contributed by atoms with Crippen molar-refractivity contribution in [3.8, 4) is 34.5 Å². The van der Waals surface area contributed by atoms with Gasteiger partial charge in [0, 0.05) is 22.9 Å². The topological polar surface area (TPSA) is 111 Å². The van der Waals surface area contributed by atoms with E-state index >= 15 is 0 Å². The first kappa shape index (κ1) is 24.0. The standard InChI is InChI=1S/C30H22N4O5/c1-19-24(29(35)33(30(36)25(19)16-31)18-23-8-5-11-37-23)14-21-17-34(22-6-3-2-4-7-22)32-28(21)20-9-10-26-27(15-20)39-13-12-38-26/h2-11,14-15,17H,12-13,18H2,1H3/b24-14+. The van der Waals surface area contributed by atoms with Crippen molar-refractivity contribution < 1.29 is 23.5 Å². The molecular weight excluding hydrogens is 496 g/mol. The molecule has 0 saturated heterocycles. The second kappa shape index (κ2) is 9.84. The summed E-state index contributed by atoms with van der Waals surface area (Å²) < 4.78 is 18.5. The Labute approximate surface area is 223 Å². The van der Waals surface area contributed by atoms with Crippen LogP contribution in [0.5, 0.6) is 11.5 Å². The molecule has 0 spiro atoms. The molecule has 0 aliphatic carbocycles. The van der Waals surface area contributed by atoms with E-state index in [1.807, 2.05) is 60.8 Å². The lowest BCUT2D eigenvalue weighted by Gasteiger charge is -2.26. The number of furan rings is 1. The molecule has 4 aromatic rings. The molecule has 9 nitrogen and oxygen atoms in total. The Kier molecular flexibility index (Phi) is 6.05. The van der Waals surface area contributed by atoms with Crippen molar-refractivity contribution >= 4 is 17.9 Å². The van der Waals surface area contributed by atoms with Crippen LogP contribution in [0.2, 0.25) is 0 Å². The predicted molar refractivity (Wildman–Crippen MR) is 141 cm³/mol. The predicted octanol–water partition coefficient (Wildman–Crippen LogP) is 4.70. The Bertz CT molecular complexity index is 1690. The number of nitrogens with zero attached hydrogens (tertiary/aromatic N) is 4. The Morgan fingerprint density at radius 2 is 1.79 bits per heavy atom. The molecule has 0 unspecified atom stereocenters. The van der Waals surface area contributed by atoms with Crippen molar-refractivity contribution in [1.82, 2.24) is 14.7 Å². The van der Waals surface area contributed by atoms with Crippen LogP contribution in [0, 0.1) is 11.3 Å². The highest BCUT2D eigenvalue weighted by atomic mass is 16.6. The summed E-state index contributed by atoms with van der Waals surface area (Å²) in [7, 11) is 0. The Morgan fingerprint density at radius 1 is 1.00 bits per heavy atom. The van der Waals surface area contributed by atoms with Crippen molar-refractivity contribution in [2.24, 2.45) is 0 Å².